The maximum Gasteiger partial charge on any atom is 0.213 e. The Hall–Kier alpha value is -1.09. The molecule has 0 amide bonds. The van der Waals surface area contributed by atoms with E-state index in [1.165, 1.54) is 0 Å². The number of ether oxygens (including phenoxy) is 1. The van der Waals surface area contributed by atoms with Gasteiger partial charge in [-0.1, -0.05) is 6.92 Å². The fraction of sp³-hybridized carbons (Fsp3) is 0.545. The Balaban J connectivity index is 2.89. The van der Waals surface area contributed by atoms with Crippen LogP contribution in [0.15, 0.2) is 12.1 Å². The van der Waals surface area contributed by atoms with Crippen LogP contribution in [-0.2, 0) is 0 Å². The highest BCUT2D eigenvalue weighted by atomic mass is 16.5. The van der Waals surface area contributed by atoms with Gasteiger partial charge in [-0.3, -0.25) is 0 Å². The predicted molar refractivity (Wildman–Crippen MR) is 55.4 cm³/mol. The summed E-state index contributed by atoms with van der Waals surface area (Å²) in [5.41, 5.74) is 1.72. The highest BCUT2D eigenvalue weighted by Gasteiger charge is 2.09. The fourth-order valence-corrected chi connectivity index (χ4v) is 1.35. The van der Waals surface area contributed by atoms with Gasteiger partial charge in [-0.2, -0.15) is 0 Å². The van der Waals surface area contributed by atoms with Gasteiger partial charge in [0.25, 0.3) is 0 Å². The van der Waals surface area contributed by atoms with Crippen LogP contribution in [0.2, 0.25) is 0 Å². The summed E-state index contributed by atoms with van der Waals surface area (Å²) >= 11 is 0. The zero-order valence-corrected chi connectivity index (χ0v) is 8.95. The molecule has 0 saturated heterocycles. The number of hydrogen-bond acceptors (Lipinski definition) is 3. The lowest BCUT2D eigenvalue weighted by Gasteiger charge is -2.11. The van der Waals surface area contributed by atoms with Crippen molar-refractivity contribution in [2.45, 2.75) is 33.3 Å². The van der Waals surface area contributed by atoms with Gasteiger partial charge in [0.1, 0.15) is 0 Å². The Morgan fingerprint density at radius 3 is 2.64 bits per heavy atom. The van der Waals surface area contributed by atoms with Crippen LogP contribution in [0.5, 0.6) is 5.88 Å². The zero-order chi connectivity index (χ0) is 10.6. The van der Waals surface area contributed by atoms with Crippen molar-refractivity contribution >= 4 is 0 Å². The molecular weight excluding hydrogens is 178 g/mol. The lowest BCUT2D eigenvalue weighted by atomic mass is 10.1. The number of aromatic nitrogens is 1. The zero-order valence-electron chi connectivity index (χ0n) is 8.95. The average Bonchev–Trinajstić information content (AvgIpc) is 2.17. The molecule has 0 spiro atoms. The molecule has 1 atom stereocenters. The minimum atomic E-state index is -0.418. The Kier molecular flexibility index (Phi) is 3.89. The second-order valence-corrected chi connectivity index (χ2v) is 3.18. The van der Waals surface area contributed by atoms with E-state index in [-0.39, 0.29) is 0 Å². The molecule has 0 aliphatic rings. The summed E-state index contributed by atoms with van der Waals surface area (Å²) in [5.74, 6) is 0.622. The van der Waals surface area contributed by atoms with Crippen LogP contribution in [0, 0.1) is 6.92 Å². The topological polar surface area (TPSA) is 42.4 Å². The summed E-state index contributed by atoms with van der Waals surface area (Å²) in [5, 5.41) is 9.65. The molecule has 1 N–H and O–H groups in total. The third-order valence-electron chi connectivity index (χ3n) is 2.14. The number of rotatable bonds is 4. The van der Waals surface area contributed by atoms with Gasteiger partial charge in [-0.25, -0.2) is 4.98 Å². The van der Waals surface area contributed by atoms with Gasteiger partial charge >= 0.3 is 0 Å². The van der Waals surface area contributed by atoms with Crippen molar-refractivity contribution in [3.8, 4) is 5.88 Å². The molecule has 14 heavy (non-hydrogen) atoms. The second-order valence-electron chi connectivity index (χ2n) is 3.18. The van der Waals surface area contributed by atoms with E-state index in [0.717, 1.165) is 11.3 Å². The largest absolute Gasteiger partial charge is 0.478 e. The quantitative estimate of drug-likeness (QED) is 0.801. The van der Waals surface area contributed by atoms with E-state index in [1.54, 1.807) is 6.07 Å². The highest BCUT2D eigenvalue weighted by Crippen LogP contribution is 2.21. The third-order valence-corrected chi connectivity index (χ3v) is 2.14. The number of nitrogens with zero attached hydrogens (tertiary/aromatic N) is 1. The monoisotopic (exact) mass is 195 g/mol. The van der Waals surface area contributed by atoms with Gasteiger partial charge in [-0.05, 0) is 26.3 Å². The van der Waals surface area contributed by atoms with E-state index < -0.39 is 6.10 Å². The molecule has 0 aliphatic heterocycles. The first-order valence-corrected chi connectivity index (χ1v) is 4.97. The first-order valence-electron chi connectivity index (χ1n) is 4.97. The summed E-state index contributed by atoms with van der Waals surface area (Å²) < 4.78 is 5.26. The van der Waals surface area contributed by atoms with Gasteiger partial charge in [0.15, 0.2) is 0 Å². The van der Waals surface area contributed by atoms with E-state index >= 15 is 0 Å². The first-order chi connectivity index (χ1) is 6.69. The molecular formula is C11H17NO2. The molecule has 1 heterocycles. The number of pyridine rings is 1. The maximum atomic E-state index is 9.65. The third kappa shape index (κ3) is 2.45. The maximum absolute atomic E-state index is 9.65. The van der Waals surface area contributed by atoms with Crippen LogP contribution in [0.25, 0.3) is 0 Å². The molecule has 0 fully saturated rings. The van der Waals surface area contributed by atoms with Gasteiger partial charge in [-0.15, -0.1) is 0 Å². The van der Waals surface area contributed by atoms with Crippen LogP contribution in [0.4, 0.5) is 0 Å². The molecule has 0 unspecified atom stereocenters. The lowest BCUT2D eigenvalue weighted by molar-refractivity contribution is 0.172. The van der Waals surface area contributed by atoms with Gasteiger partial charge in [0.05, 0.1) is 12.7 Å². The van der Waals surface area contributed by atoms with Crippen LogP contribution < -0.4 is 4.74 Å². The standard InChI is InChI=1S/C11H17NO2/c1-4-10(13)9-6-7-11(14-5-2)12-8(9)3/h6-7,10,13H,4-5H2,1-3H3/t10-/m0/s1. The molecule has 1 aromatic heterocycles. The van der Waals surface area contributed by atoms with Crippen molar-refractivity contribution in [1.29, 1.82) is 0 Å². The van der Waals surface area contributed by atoms with Crippen LogP contribution in [0.1, 0.15) is 37.6 Å². The Labute approximate surface area is 84.7 Å². The fourth-order valence-electron chi connectivity index (χ4n) is 1.35. The molecule has 0 saturated carbocycles. The van der Waals surface area contributed by atoms with Crippen LogP contribution >= 0.6 is 0 Å². The normalized spacial score (nSPS) is 12.6. The van der Waals surface area contributed by atoms with Crippen molar-refractivity contribution in [3.63, 3.8) is 0 Å². The molecule has 1 rings (SSSR count). The van der Waals surface area contributed by atoms with E-state index in [2.05, 4.69) is 4.98 Å². The number of aryl methyl sites for hydroxylation is 1. The molecule has 0 aliphatic carbocycles. The van der Waals surface area contributed by atoms with E-state index in [4.69, 9.17) is 4.74 Å². The van der Waals surface area contributed by atoms with Crippen LogP contribution in [-0.4, -0.2) is 16.7 Å². The van der Waals surface area contributed by atoms with Crippen molar-refractivity contribution < 1.29 is 9.84 Å². The predicted octanol–water partition coefficient (Wildman–Crippen LogP) is 2.23. The molecule has 3 heteroatoms. The van der Waals surface area contributed by atoms with Crippen molar-refractivity contribution in [2.75, 3.05) is 6.61 Å². The SMILES string of the molecule is CCOc1ccc([C@@H](O)CC)c(C)n1. The van der Waals surface area contributed by atoms with Crippen molar-refractivity contribution in [1.82, 2.24) is 4.98 Å². The molecule has 0 bridgehead atoms. The molecule has 0 radical (unpaired) electrons. The molecule has 0 aromatic carbocycles. The van der Waals surface area contributed by atoms with Gasteiger partial charge in [0.2, 0.25) is 5.88 Å². The molecule has 1 aromatic rings. The minimum absolute atomic E-state index is 0.418. The Morgan fingerprint density at radius 1 is 1.43 bits per heavy atom. The number of aliphatic hydroxyl groups excluding tert-OH is 1. The van der Waals surface area contributed by atoms with Gasteiger partial charge < -0.3 is 9.84 Å². The van der Waals surface area contributed by atoms with Crippen molar-refractivity contribution in [3.05, 3.63) is 23.4 Å². The van der Waals surface area contributed by atoms with Crippen LogP contribution in [0.3, 0.4) is 0 Å². The summed E-state index contributed by atoms with van der Waals surface area (Å²) in [7, 11) is 0. The van der Waals surface area contributed by atoms with Gasteiger partial charge in [0, 0.05) is 17.3 Å². The lowest BCUT2D eigenvalue weighted by Crippen LogP contribution is -2.02. The summed E-state index contributed by atoms with van der Waals surface area (Å²) in [4.78, 5) is 4.25. The van der Waals surface area contributed by atoms with E-state index in [9.17, 15) is 5.11 Å². The summed E-state index contributed by atoms with van der Waals surface area (Å²) in [6.07, 6.45) is 0.287. The first kappa shape index (κ1) is 11.0. The highest BCUT2D eigenvalue weighted by molar-refractivity contribution is 5.26. The van der Waals surface area contributed by atoms with E-state index in [1.807, 2.05) is 26.8 Å². The molecule has 3 nitrogen and oxygen atoms in total. The smallest absolute Gasteiger partial charge is 0.213 e. The van der Waals surface area contributed by atoms with E-state index in [0.29, 0.717) is 18.9 Å². The summed E-state index contributed by atoms with van der Waals surface area (Å²) in [6, 6.07) is 3.67. The second kappa shape index (κ2) is 4.96. The number of hydrogen-bond donors (Lipinski definition) is 1. The van der Waals surface area contributed by atoms with Crippen molar-refractivity contribution in [2.24, 2.45) is 0 Å². The Morgan fingerprint density at radius 2 is 2.14 bits per heavy atom. The summed E-state index contributed by atoms with van der Waals surface area (Å²) in [6.45, 7) is 6.37. The Bertz CT molecular complexity index is 299. The number of aliphatic hydroxyl groups is 1. The molecule has 78 valence electrons. The average molecular weight is 195 g/mol. The minimum Gasteiger partial charge on any atom is -0.478 e.